The molecule has 1 saturated heterocycles. The van der Waals surface area contributed by atoms with Gasteiger partial charge in [0.15, 0.2) is 0 Å². The summed E-state index contributed by atoms with van der Waals surface area (Å²) in [6.07, 6.45) is 4.54. The van der Waals surface area contributed by atoms with Gasteiger partial charge in [0.2, 0.25) is 15.9 Å². The minimum Gasteiger partial charge on any atom is -0.472 e. The van der Waals surface area contributed by atoms with E-state index in [1.165, 1.54) is 0 Å². The molecule has 3 fully saturated rings. The third-order valence-corrected chi connectivity index (χ3v) is 7.09. The third kappa shape index (κ3) is 2.51. The summed E-state index contributed by atoms with van der Waals surface area (Å²) in [6.45, 7) is 0.908. The van der Waals surface area contributed by atoms with Crippen molar-refractivity contribution in [2.75, 3.05) is 13.2 Å². The largest absolute Gasteiger partial charge is 0.472 e. The van der Waals surface area contributed by atoms with Crippen molar-refractivity contribution in [2.45, 2.75) is 49.2 Å². The predicted octanol–water partition coefficient (Wildman–Crippen LogP) is 1.18. The van der Waals surface area contributed by atoms with Crippen molar-refractivity contribution < 1.29 is 17.9 Å². The fraction of sp³-hybridized carbons (Fsp3) is 0.667. The summed E-state index contributed by atoms with van der Waals surface area (Å²) >= 11 is 0. The van der Waals surface area contributed by atoms with Gasteiger partial charge in [-0.2, -0.15) is 4.31 Å². The lowest BCUT2D eigenvalue weighted by atomic mass is 10.1. The first-order valence-electron chi connectivity index (χ1n) is 7.86. The van der Waals surface area contributed by atoms with Crippen molar-refractivity contribution in [1.29, 1.82) is 0 Å². The van der Waals surface area contributed by atoms with Gasteiger partial charge in [-0.05, 0) is 31.7 Å². The zero-order valence-electron chi connectivity index (χ0n) is 12.3. The molecule has 2 saturated carbocycles. The smallest absolute Gasteiger partial charge is 0.217 e. The van der Waals surface area contributed by atoms with Gasteiger partial charge in [0, 0.05) is 18.8 Å². The number of rotatable bonds is 4. The number of ether oxygens (including phenoxy) is 2. The first kappa shape index (κ1) is 14.4. The number of morpholine rings is 1. The molecule has 3 aliphatic rings. The zero-order chi connectivity index (χ0) is 15.2. The number of sulfonamides is 1. The Morgan fingerprint density at radius 1 is 1.23 bits per heavy atom. The van der Waals surface area contributed by atoms with Crippen LogP contribution in [-0.2, 0) is 14.8 Å². The lowest BCUT2D eigenvalue weighted by molar-refractivity contribution is -0.0668. The molecule has 0 amide bonds. The number of pyridine rings is 1. The highest BCUT2D eigenvalue weighted by atomic mass is 32.2. The second kappa shape index (κ2) is 5.47. The average Bonchev–Trinajstić information content (AvgIpc) is 3.32. The topological polar surface area (TPSA) is 68.7 Å². The van der Waals surface area contributed by atoms with E-state index >= 15 is 0 Å². The van der Waals surface area contributed by atoms with Crippen LogP contribution in [0.15, 0.2) is 24.4 Å². The SMILES string of the molecule is O=S(=O)(C1CC1)N1CCO[C@H]2[C@H](Oc3ccccn3)CC[C@@H]21. The number of hydrogen-bond acceptors (Lipinski definition) is 5. The van der Waals surface area contributed by atoms with Crippen molar-refractivity contribution in [3.8, 4) is 5.88 Å². The lowest BCUT2D eigenvalue weighted by Gasteiger charge is -2.38. The molecule has 120 valence electrons. The van der Waals surface area contributed by atoms with Gasteiger partial charge in [0.05, 0.1) is 17.9 Å². The van der Waals surface area contributed by atoms with E-state index < -0.39 is 10.0 Å². The maximum Gasteiger partial charge on any atom is 0.217 e. The van der Waals surface area contributed by atoms with Crippen molar-refractivity contribution in [3.63, 3.8) is 0 Å². The number of aromatic nitrogens is 1. The van der Waals surface area contributed by atoms with E-state index in [9.17, 15) is 8.42 Å². The molecule has 0 spiro atoms. The maximum atomic E-state index is 12.6. The quantitative estimate of drug-likeness (QED) is 0.832. The fourth-order valence-corrected chi connectivity index (χ4v) is 5.50. The number of fused-ring (bicyclic) bond motifs is 1. The van der Waals surface area contributed by atoms with Crippen LogP contribution in [0.2, 0.25) is 0 Å². The summed E-state index contributed by atoms with van der Waals surface area (Å²) in [5.41, 5.74) is 0. The van der Waals surface area contributed by atoms with Crippen LogP contribution in [0.5, 0.6) is 5.88 Å². The molecule has 1 aromatic rings. The second-order valence-corrected chi connectivity index (χ2v) is 8.33. The van der Waals surface area contributed by atoms with E-state index in [0.717, 1.165) is 25.7 Å². The van der Waals surface area contributed by atoms with Crippen LogP contribution in [-0.4, -0.2) is 54.4 Å². The molecule has 2 aliphatic carbocycles. The minimum atomic E-state index is -3.16. The Hall–Kier alpha value is -1.18. The molecule has 6 nitrogen and oxygen atoms in total. The van der Waals surface area contributed by atoms with Crippen LogP contribution in [0.3, 0.4) is 0 Å². The van der Waals surface area contributed by atoms with E-state index in [1.54, 1.807) is 10.5 Å². The fourth-order valence-electron chi connectivity index (χ4n) is 3.45. The minimum absolute atomic E-state index is 0.0898. The first-order chi connectivity index (χ1) is 10.7. The summed E-state index contributed by atoms with van der Waals surface area (Å²) in [7, 11) is -3.16. The molecule has 0 radical (unpaired) electrons. The molecule has 0 N–H and O–H groups in total. The van der Waals surface area contributed by atoms with Gasteiger partial charge in [-0.15, -0.1) is 0 Å². The summed E-state index contributed by atoms with van der Waals surface area (Å²) in [4.78, 5) is 4.18. The van der Waals surface area contributed by atoms with Crippen molar-refractivity contribution in [2.24, 2.45) is 0 Å². The molecule has 3 atom stereocenters. The Balaban J connectivity index is 1.51. The average molecular weight is 324 g/mol. The molecule has 1 aromatic heterocycles. The van der Waals surface area contributed by atoms with Crippen molar-refractivity contribution >= 4 is 10.0 Å². The first-order valence-corrected chi connectivity index (χ1v) is 9.36. The molecule has 1 aliphatic heterocycles. The summed E-state index contributed by atoms with van der Waals surface area (Å²) in [5, 5.41) is -0.165. The van der Waals surface area contributed by atoms with Gasteiger partial charge in [-0.1, -0.05) is 6.07 Å². The Labute approximate surface area is 130 Å². The van der Waals surface area contributed by atoms with Crippen LogP contribution in [0.25, 0.3) is 0 Å². The Kier molecular flexibility index (Phi) is 3.58. The van der Waals surface area contributed by atoms with Crippen LogP contribution < -0.4 is 4.74 Å². The molecule has 2 heterocycles. The summed E-state index contributed by atoms with van der Waals surface area (Å²) < 4.78 is 38.6. The summed E-state index contributed by atoms with van der Waals surface area (Å²) in [5.74, 6) is 0.568. The van der Waals surface area contributed by atoms with E-state index in [0.29, 0.717) is 19.0 Å². The number of nitrogens with zero attached hydrogens (tertiary/aromatic N) is 2. The normalized spacial score (nSPS) is 32.6. The molecule has 22 heavy (non-hydrogen) atoms. The van der Waals surface area contributed by atoms with Crippen LogP contribution in [0, 0.1) is 0 Å². The standard InChI is InChI=1S/C15H20N2O4S/c18-22(19,11-4-5-11)17-9-10-20-15-12(17)6-7-13(15)21-14-3-1-2-8-16-14/h1-3,8,11-13,15H,4-7,9-10H2/t12-,13+,15+/m0/s1. The van der Waals surface area contributed by atoms with E-state index in [-0.39, 0.29) is 23.5 Å². The van der Waals surface area contributed by atoms with Crippen molar-refractivity contribution in [3.05, 3.63) is 24.4 Å². The number of hydrogen-bond donors (Lipinski definition) is 0. The molecule has 4 rings (SSSR count). The second-order valence-electron chi connectivity index (χ2n) is 6.16. The predicted molar refractivity (Wildman–Crippen MR) is 80.1 cm³/mol. The Morgan fingerprint density at radius 2 is 2.09 bits per heavy atom. The highest BCUT2D eigenvalue weighted by molar-refractivity contribution is 7.90. The molecular formula is C15H20N2O4S. The Morgan fingerprint density at radius 3 is 2.82 bits per heavy atom. The van der Waals surface area contributed by atoms with Crippen molar-refractivity contribution in [1.82, 2.24) is 9.29 Å². The highest BCUT2D eigenvalue weighted by Crippen LogP contribution is 2.38. The Bertz CT molecular complexity index is 632. The zero-order valence-corrected chi connectivity index (χ0v) is 13.1. The molecule has 0 aromatic carbocycles. The lowest BCUT2D eigenvalue weighted by Crippen LogP contribution is -2.55. The van der Waals surface area contributed by atoms with Gasteiger partial charge in [0.1, 0.15) is 12.2 Å². The molecular weight excluding hydrogens is 304 g/mol. The molecule has 7 heteroatoms. The highest BCUT2D eigenvalue weighted by Gasteiger charge is 2.51. The van der Waals surface area contributed by atoms with Gasteiger partial charge in [0.25, 0.3) is 0 Å². The van der Waals surface area contributed by atoms with Crippen LogP contribution in [0.4, 0.5) is 0 Å². The third-order valence-electron chi connectivity index (χ3n) is 4.67. The maximum absolute atomic E-state index is 12.6. The van der Waals surface area contributed by atoms with Crippen LogP contribution in [0.1, 0.15) is 25.7 Å². The van der Waals surface area contributed by atoms with Gasteiger partial charge in [-0.25, -0.2) is 13.4 Å². The van der Waals surface area contributed by atoms with E-state index in [4.69, 9.17) is 9.47 Å². The van der Waals surface area contributed by atoms with Gasteiger partial charge < -0.3 is 9.47 Å². The van der Waals surface area contributed by atoms with E-state index in [2.05, 4.69) is 4.98 Å². The van der Waals surface area contributed by atoms with E-state index in [1.807, 2.05) is 18.2 Å². The molecule has 0 bridgehead atoms. The van der Waals surface area contributed by atoms with Crippen LogP contribution >= 0.6 is 0 Å². The monoisotopic (exact) mass is 324 g/mol. The van der Waals surface area contributed by atoms with Gasteiger partial charge >= 0.3 is 0 Å². The molecule has 0 unspecified atom stereocenters. The van der Waals surface area contributed by atoms with Gasteiger partial charge in [-0.3, -0.25) is 0 Å². The summed E-state index contributed by atoms with van der Waals surface area (Å²) in [6, 6.07) is 5.44.